The number of aliphatic carboxylic acids is 1. The topological polar surface area (TPSA) is 238 Å². The van der Waals surface area contributed by atoms with Crippen LogP contribution in [0.25, 0.3) is 0 Å². The summed E-state index contributed by atoms with van der Waals surface area (Å²) in [5, 5.41) is 13.0. The highest BCUT2D eigenvalue weighted by Gasteiger charge is 2.25. The van der Waals surface area contributed by atoms with Gasteiger partial charge in [-0.1, -0.05) is 0 Å². The van der Waals surface area contributed by atoms with E-state index in [0.29, 0.717) is 13.0 Å². The van der Waals surface area contributed by atoms with Gasteiger partial charge >= 0.3 is 11.9 Å². The Balaban J connectivity index is 4.28. The molecule has 2 atom stereocenters. The first-order valence-corrected chi connectivity index (χ1v) is 7.17. The molecular formula is C12H23N7O6. The summed E-state index contributed by atoms with van der Waals surface area (Å²) in [5.74, 6) is 0.710. The van der Waals surface area contributed by atoms with Crippen LogP contribution in [0.2, 0.25) is 0 Å². The molecule has 13 nitrogen and oxygen atoms in total. The lowest BCUT2D eigenvalue weighted by molar-refractivity contribution is -0.152. The first kappa shape index (κ1) is 22.1. The van der Waals surface area contributed by atoms with Crippen LogP contribution in [0.4, 0.5) is 0 Å². The van der Waals surface area contributed by atoms with Crippen molar-refractivity contribution in [2.24, 2.45) is 28.1 Å². The number of nitrogens with two attached hydrogens (primary N) is 4. The maximum Gasteiger partial charge on any atom is 0.347 e. The van der Waals surface area contributed by atoms with Gasteiger partial charge in [-0.25, -0.2) is 4.79 Å². The van der Waals surface area contributed by atoms with Gasteiger partial charge in [0.15, 0.2) is 5.96 Å². The van der Waals surface area contributed by atoms with E-state index in [2.05, 4.69) is 26.4 Å². The molecule has 0 spiro atoms. The van der Waals surface area contributed by atoms with Gasteiger partial charge in [0.25, 0.3) is 0 Å². The van der Waals surface area contributed by atoms with Gasteiger partial charge in [0.2, 0.25) is 11.8 Å². The third kappa shape index (κ3) is 10.5. The van der Waals surface area contributed by atoms with E-state index in [9.17, 15) is 19.2 Å². The molecule has 0 unspecified atom stereocenters. The van der Waals surface area contributed by atoms with E-state index in [1.165, 1.54) is 0 Å². The number of aliphatic imine (C=N–C) groups is 1. The highest BCUT2D eigenvalue weighted by atomic mass is 16.7. The summed E-state index contributed by atoms with van der Waals surface area (Å²) in [5.41, 5.74) is 15.9. The lowest BCUT2D eigenvalue weighted by Crippen LogP contribution is -2.49. The van der Waals surface area contributed by atoms with Crippen LogP contribution < -0.4 is 33.7 Å². The number of carboxylic acid groups (broad SMARTS) is 1. The fraction of sp³-hybridized carbons (Fsp3) is 0.583. The van der Waals surface area contributed by atoms with Crippen molar-refractivity contribution in [3.63, 3.8) is 0 Å². The summed E-state index contributed by atoms with van der Waals surface area (Å²) < 4.78 is 0. The first-order valence-electron chi connectivity index (χ1n) is 7.17. The van der Waals surface area contributed by atoms with Gasteiger partial charge < -0.3 is 37.8 Å². The van der Waals surface area contributed by atoms with Crippen LogP contribution in [-0.2, 0) is 24.0 Å². The Kier molecular flexibility index (Phi) is 10.2. The Hall–Kier alpha value is -2.93. The largest absolute Gasteiger partial charge is 0.481 e. The quantitative estimate of drug-likeness (QED) is 0.0810. The van der Waals surface area contributed by atoms with E-state index in [4.69, 9.17) is 22.3 Å². The number of hydrogen-bond donors (Lipinski definition) is 7. The van der Waals surface area contributed by atoms with Crippen molar-refractivity contribution < 1.29 is 29.1 Å². The van der Waals surface area contributed by atoms with E-state index in [1.54, 1.807) is 0 Å². The molecule has 0 aliphatic heterocycles. The minimum absolute atomic E-state index is 0.0679. The smallest absolute Gasteiger partial charge is 0.347 e. The second kappa shape index (κ2) is 11.6. The fourth-order valence-electron chi connectivity index (χ4n) is 1.64. The Morgan fingerprint density at radius 3 is 2.36 bits per heavy atom. The highest BCUT2D eigenvalue weighted by Crippen LogP contribution is 1.96. The number of carbonyl (C=O) groups is 4. The molecule has 0 radical (unpaired) electrons. The molecule has 2 amide bonds. The molecule has 0 aromatic heterocycles. The number of hydrogen-bond acceptors (Lipinski definition) is 8. The molecule has 25 heavy (non-hydrogen) atoms. The molecule has 13 heteroatoms. The average Bonchev–Trinajstić information content (AvgIpc) is 2.54. The first-order chi connectivity index (χ1) is 11.7. The number of nitrogens with one attached hydrogen (secondary N) is 2. The normalized spacial score (nSPS) is 12.4. The van der Waals surface area contributed by atoms with Crippen molar-refractivity contribution in [2.45, 2.75) is 31.3 Å². The zero-order valence-corrected chi connectivity index (χ0v) is 13.4. The zero-order valence-electron chi connectivity index (χ0n) is 13.4. The molecule has 0 aliphatic rings. The van der Waals surface area contributed by atoms with Crippen LogP contribution >= 0.6 is 0 Å². The van der Waals surface area contributed by atoms with Gasteiger partial charge in [-0.15, -0.1) is 0 Å². The SMILES string of the molecule is NOC(=O)[C@H](CC(=O)O)NC(=O)CNC(=O)[C@@H](N)CCCN=C(N)N. The van der Waals surface area contributed by atoms with Crippen molar-refractivity contribution in [1.29, 1.82) is 0 Å². The van der Waals surface area contributed by atoms with E-state index in [1.807, 2.05) is 0 Å². The highest BCUT2D eigenvalue weighted by molar-refractivity contribution is 5.91. The van der Waals surface area contributed by atoms with Crippen LogP contribution in [0.1, 0.15) is 19.3 Å². The summed E-state index contributed by atoms with van der Waals surface area (Å²) in [6.07, 6.45) is 0.0209. The summed E-state index contributed by atoms with van der Waals surface area (Å²) in [6, 6.07) is -2.36. The number of nitrogens with zero attached hydrogens (tertiary/aromatic N) is 1. The van der Waals surface area contributed by atoms with Crippen molar-refractivity contribution in [2.75, 3.05) is 13.1 Å². The van der Waals surface area contributed by atoms with Gasteiger partial charge in [0.1, 0.15) is 6.04 Å². The standard InChI is InChI=1S/C12H23N7O6/c13-6(2-1-3-17-12(14)15)10(23)18-5-8(20)19-7(4-9(21)22)11(24)25-16/h6-7H,1-5,13,16H2,(H,18,23)(H,19,20)(H,21,22)(H4,14,15,17)/t6-,7-/m0/s1. The Bertz CT molecular complexity index is 520. The van der Waals surface area contributed by atoms with Crippen molar-refractivity contribution >= 4 is 29.7 Å². The Labute approximate surface area is 143 Å². The predicted molar refractivity (Wildman–Crippen MR) is 85.4 cm³/mol. The minimum Gasteiger partial charge on any atom is -0.481 e. The Morgan fingerprint density at radius 1 is 1.20 bits per heavy atom. The second-order valence-electron chi connectivity index (χ2n) is 4.93. The molecule has 0 saturated heterocycles. The molecule has 142 valence electrons. The van der Waals surface area contributed by atoms with Crippen LogP contribution in [0.3, 0.4) is 0 Å². The van der Waals surface area contributed by atoms with Gasteiger partial charge in [-0.2, -0.15) is 5.90 Å². The lowest BCUT2D eigenvalue weighted by Gasteiger charge is -2.15. The number of rotatable bonds is 11. The lowest BCUT2D eigenvalue weighted by atomic mass is 10.1. The van der Waals surface area contributed by atoms with Gasteiger partial charge in [-0.05, 0) is 12.8 Å². The third-order valence-corrected chi connectivity index (χ3v) is 2.84. The van der Waals surface area contributed by atoms with Crippen molar-refractivity contribution in [3.8, 4) is 0 Å². The van der Waals surface area contributed by atoms with Gasteiger partial charge in [0, 0.05) is 6.54 Å². The summed E-state index contributed by atoms with van der Waals surface area (Å²) in [4.78, 5) is 52.9. The van der Waals surface area contributed by atoms with Crippen LogP contribution in [0.15, 0.2) is 4.99 Å². The van der Waals surface area contributed by atoms with Crippen LogP contribution in [0.5, 0.6) is 0 Å². The minimum atomic E-state index is -1.47. The van der Waals surface area contributed by atoms with Crippen molar-refractivity contribution in [1.82, 2.24) is 10.6 Å². The molecule has 0 saturated carbocycles. The molecule has 0 aromatic rings. The second-order valence-corrected chi connectivity index (χ2v) is 4.93. The molecule has 0 rings (SSSR count). The van der Waals surface area contributed by atoms with Crippen LogP contribution in [0, 0.1) is 0 Å². The summed E-state index contributed by atoms with van der Waals surface area (Å²) in [6.45, 7) is -0.198. The number of amides is 2. The molecule has 0 aliphatic carbocycles. The Morgan fingerprint density at radius 2 is 1.84 bits per heavy atom. The molecule has 0 heterocycles. The molecule has 0 bridgehead atoms. The number of carboxylic acids is 1. The van der Waals surface area contributed by atoms with Crippen LogP contribution in [-0.4, -0.2) is 60.0 Å². The van der Waals surface area contributed by atoms with E-state index in [0.717, 1.165) is 0 Å². The van der Waals surface area contributed by atoms with E-state index >= 15 is 0 Å². The number of carbonyl (C=O) groups excluding carboxylic acids is 3. The molecule has 11 N–H and O–H groups in total. The van der Waals surface area contributed by atoms with E-state index in [-0.39, 0.29) is 12.4 Å². The fourth-order valence-corrected chi connectivity index (χ4v) is 1.64. The van der Waals surface area contributed by atoms with Gasteiger partial charge in [0.05, 0.1) is 19.0 Å². The average molecular weight is 361 g/mol. The third-order valence-electron chi connectivity index (χ3n) is 2.84. The summed E-state index contributed by atoms with van der Waals surface area (Å²) >= 11 is 0. The monoisotopic (exact) mass is 361 g/mol. The predicted octanol–water partition coefficient (Wildman–Crippen LogP) is -4.14. The van der Waals surface area contributed by atoms with E-state index < -0.39 is 48.8 Å². The maximum absolute atomic E-state index is 11.7. The molecule has 0 aromatic carbocycles. The zero-order chi connectivity index (χ0) is 19.4. The van der Waals surface area contributed by atoms with Gasteiger partial charge in [-0.3, -0.25) is 19.4 Å². The summed E-state index contributed by atoms with van der Waals surface area (Å²) in [7, 11) is 0. The number of guanidine groups is 1. The molecular weight excluding hydrogens is 338 g/mol. The van der Waals surface area contributed by atoms with Crippen molar-refractivity contribution in [3.05, 3.63) is 0 Å². The molecule has 0 fully saturated rings. The maximum atomic E-state index is 11.7.